The van der Waals surface area contributed by atoms with Crippen LogP contribution in [-0.4, -0.2) is 23.7 Å². The van der Waals surface area contributed by atoms with E-state index >= 15 is 0 Å². The average molecular weight is 222 g/mol. The smallest absolute Gasteiger partial charge is 0.253 e. The van der Waals surface area contributed by atoms with Gasteiger partial charge in [-0.25, -0.2) is 0 Å². The highest BCUT2D eigenvalue weighted by Gasteiger charge is 2.24. The fourth-order valence-electron chi connectivity index (χ4n) is 1.85. The number of ketones is 1. The van der Waals surface area contributed by atoms with Gasteiger partial charge in [0.05, 0.1) is 11.1 Å². The molecule has 2 rings (SSSR count). The summed E-state index contributed by atoms with van der Waals surface area (Å²) < 4.78 is 0. The summed E-state index contributed by atoms with van der Waals surface area (Å²) in [6.45, 7) is 4.00. The highest BCUT2D eigenvalue weighted by atomic mass is 16.2. The number of fused-ring (bicyclic) bond motifs is 1. The van der Waals surface area contributed by atoms with E-state index in [4.69, 9.17) is 0 Å². The zero-order valence-corrected chi connectivity index (χ0v) is 10.0. The topological polar surface area (TPSA) is 62.0 Å². The molecule has 0 aromatic carbocycles. The largest absolute Gasteiger partial charge is 0.364 e. The van der Waals surface area contributed by atoms with E-state index in [1.54, 1.807) is 13.2 Å². The molecule has 0 unspecified atom stereocenters. The number of H-pyrrole nitrogens is 1. The fourth-order valence-corrected chi connectivity index (χ4v) is 1.85. The number of carbonyl (C=O) groups excluding carboxylic acids is 2. The molecule has 88 valence electrons. The predicted octanol–water partition coefficient (Wildman–Crippen LogP) is 1.92. The molecular formula is C12H18N2O2. The van der Waals surface area contributed by atoms with Gasteiger partial charge in [0.15, 0.2) is 5.78 Å². The summed E-state index contributed by atoms with van der Waals surface area (Å²) in [4.78, 5) is 26.0. The van der Waals surface area contributed by atoms with Crippen LogP contribution in [0.15, 0.2) is 6.20 Å². The summed E-state index contributed by atoms with van der Waals surface area (Å²) in [7, 11) is 1.56. The van der Waals surface area contributed by atoms with Gasteiger partial charge >= 0.3 is 0 Å². The van der Waals surface area contributed by atoms with Crippen LogP contribution in [0.3, 0.4) is 0 Å². The van der Waals surface area contributed by atoms with E-state index in [1.165, 1.54) is 0 Å². The van der Waals surface area contributed by atoms with Crippen molar-refractivity contribution in [3.05, 3.63) is 23.0 Å². The second kappa shape index (κ2) is 5.49. The highest BCUT2D eigenvalue weighted by molar-refractivity contribution is 6.09. The second-order valence-electron chi connectivity index (χ2n) is 3.41. The van der Waals surface area contributed by atoms with Crippen LogP contribution in [0, 0.1) is 0 Å². The van der Waals surface area contributed by atoms with Crippen molar-refractivity contribution in [1.29, 1.82) is 0 Å². The number of aromatic amines is 1. The van der Waals surface area contributed by atoms with E-state index in [0.717, 1.165) is 18.5 Å². The van der Waals surface area contributed by atoms with Crippen LogP contribution in [0.2, 0.25) is 0 Å². The van der Waals surface area contributed by atoms with Crippen LogP contribution in [-0.2, 0) is 6.42 Å². The molecule has 0 bridgehead atoms. The molecule has 0 spiro atoms. The highest BCUT2D eigenvalue weighted by Crippen LogP contribution is 2.23. The van der Waals surface area contributed by atoms with E-state index < -0.39 is 0 Å². The van der Waals surface area contributed by atoms with Crippen LogP contribution in [0.25, 0.3) is 0 Å². The Labute approximate surface area is 95.4 Å². The van der Waals surface area contributed by atoms with E-state index in [1.807, 2.05) is 13.8 Å². The number of aromatic nitrogens is 1. The Hall–Kier alpha value is -1.58. The van der Waals surface area contributed by atoms with Gasteiger partial charge in [-0.3, -0.25) is 9.59 Å². The molecule has 4 heteroatoms. The lowest BCUT2D eigenvalue weighted by Crippen LogP contribution is -2.21. The van der Waals surface area contributed by atoms with Gasteiger partial charge in [0, 0.05) is 25.4 Å². The van der Waals surface area contributed by atoms with Gasteiger partial charge in [0.1, 0.15) is 0 Å². The number of hydrogen-bond acceptors (Lipinski definition) is 2. The van der Waals surface area contributed by atoms with Crippen LogP contribution in [0.4, 0.5) is 0 Å². The third kappa shape index (κ3) is 2.15. The van der Waals surface area contributed by atoms with E-state index in [-0.39, 0.29) is 11.7 Å². The van der Waals surface area contributed by atoms with Gasteiger partial charge in [0.25, 0.3) is 5.91 Å². The summed E-state index contributed by atoms with van der Waals surface area (Å²) in [5, 5.41) is 2.53. The molecule has 0 atom stereocenters. The summed E-state index contributed by atoms with van der Waals surface area (Å²) in [5.74, 6) is -0.121. The molecule has 0 aliphatic heterocycles. The van der Waals surface area contributed by atoms with Gasteiger partial charge < -0.3 is 10.3 Å². The lowest BCUT2D eigenvalue weighted by Gasteiger charge is -2.10. The molecule has 1 aliphatic carbocycles. The summed E-state index contributed by atoms with van der Waals surface area (Å²) in [6.07, 6.45) is 3.90. The molecule has 1 amide bonds. The van der Waals surface area contributed by atoms with Crippen molar-refractivity contribution < 1.29 is 9.59 Å². The molecule has 1 heterocycles. The Morgan fingerprint density at radius 3 is 2.69 bits per heavy atom. The van der Waals surface area contributed by atoms with Gasteiger partial charge in [-0.05, 0) is 12.8 Å². The lowest BCUT2D eigenvalue weighted by molar-refractivity contribution is 0.0934. The van der Waals surface area contributed by atoms with Crippen molar-refractivity contribution >= 4 is 11.7 Å². The quantitative estimate of drug-likeness (QED) is 0.762. The van der Waals surface area contributed by atoms with Crippen molar-refractivity contribution in [2.24, 2.45) is 0 Å². The Bertz CT molecular complexity index is 394. The molecule has 1 aromatic rings. The molecule has 16 heavy (non-hydrogen) atoms. The number of carbonyl (C=O) groups is 2. The normalized spacial score (nSPS) is 13.6. The molecule has 0 radical (unpaired) electrons. The molecular weight excluding hydrogens is 204 g/mol. The maximum absolute atomic E-state index is 11.6. The number of nitrogens with one attached hydrogen (secondary N) is 2. The Morgan fingerprint density at radius 2 is 2.06 bits per heavy atom. The van der Waals surface area contributed by atoms with Crippen molar-refractivity contribution in [1.82, 2.24) is 10.3 Å². The lowest BCUT2D eigenvalue weighted by atomic mass is 9.93. The number of aryl methyl sites for hydroxylation is 1. The standard InChI is InChI=1S/C10H12N2O2.C2H6/c1-11-10(14)6-5-12-7-3-2-4-8(13)9(6)7;1-2/h5,12H,2-4H2,1H3,(H,11,14);1-2H3. The van der Waals surface area contributed by atoms with E-state index in [9.17, 15) is 9.59 Å². The number of rotatable bonds is 1. The molecule has 2 N–H and O–H groups in total. The van der Waals surface area contributed by atoms with Crippen LogP contribution < -0.4 is 5.32 Å². The van der Waals surface area contributed by atoms with Gasteiger partial charge in [0.2, 0.25) is 0 Å². The zero-order chi connectivity index (χ0) is 12.1. The SMILES string of the molecule is CC.CNC(=O)c1c[nH]c2c1C(=O)CCC2. The minimum absolute atomic E-state index is 0.0751. The van der Waals surface area contributed by atoms with Crippen molar-refractivity contribution in [2.75, 3.05) is 7.05 Å². The maximum Gasteiger partial charge on any atom is 0.253 e. The minimum atomic E-state index is -0.197. The molecule has 4 nitrogen and oxygen atoms in total. The van der Waals surface area contributed by atoms with Gasteiger partial charge in [-0.2, -0.15) is 0 Å². The second-order valence-corrected chi connectivity index (χ2v) is 3.41. The minimum Gasteiger partial charge on any atom is -0.364 e. The third-order valence-corrected chi connectivity index (χ3v) is 2.54. The predicted molar refractivity (Wildman–Crippen MR) is 62.8 cm³/mol. The number of Topliss-reactive ketones (excluding diaryl/α,β-unsaturated/α-hetero) is 1. The van der Waals surface area contributed by atoms with Crippen LogP contribution in [0.1, 0.15) is 53.1 Å². The average Bonchev–Trinajstić information content (AvgIpc) is 2.76. The Balaban J connectivity index is 0.000000606. The van der Waals surface area contributed by atoms with Crippen LogP contribution >= 0.6 is 0 Å². The van der Waals surface area contributed by atoms with Crippen molar-refractivity contribution in [2.45, 2.75) is 33.1 Å². The van der Waals surface area contributed by atoms with Gasteiger partial charge in [-0.1, -0.05) is 13.8 Å². The molecule has 1 aliphatic rings. The Kier molecular flexibility index (Phi) is 4.28. The summed E-state index contributed by atoms with van der Waals surface area (Å²) in [5.41, 5.74) is 1.97. The first-order valence-electron chi connectivity index (χ1n) is 5.69. The first kappa shape index (κ1) is 12.5. The first-order chi connectivity index (χ1) is 7.74. The van der Waals surface area contributed by atoms with E-state index in [0.29, 0.717) is 17.5 Å². The monoisotopic (exact) mass is 222 g/mol. The molecule has 0 fully saturated rings. The zero-order valence-electron chi connectivity index (χ0n) is 10.0. The van der Waals surface area contributed by atoms with Crippen LogP contribution in [0.5, 0.6) is 0 Å². The molecule has 0 saturated carbocycles. The first-order valence-corrected chi connectivity index (χ1v) is 5.69. The molecule has 1 aromatic heterocycles. The van der Waals surface area contributed by atoms with Crippen molar-refractivity contribution in [3.63, 3.8) is 0 Å². The summed E-state index contributed by atoms with van der Waals surface area (Å²) >= 11 is 0. The van der Waals surface area contributed by atoms with Crippen molar-refractivity contribution in [3.8, 4) is 0 Å². The van der Waals surface area contributed by atoms with E-state index in [2.05, 4.69) is 10.3 Å². The maximum atomic E-state index is 11.6. The number of hydrogen-bond donors (Lipinski definition) is 2. The van der Waals surface area contributed by atoms with Gasteiger partial charge in [-0.15, -0.1) is 0 Å². The molecule has 0 saturated heterocycles. The number of amides is 1. The fraction of sp³-hybridized carbons (Fsp3) is 0.500. The Morgan fingerprint density at radius 1 is 1.38 bits per heavy atom. The third-order valence-electron chi connectivity index (χ3n) is 2.54. The summed E-state index contributed by atoms with van der Waals surface area (Å²) in [6, 6.07) is 0.